The maximum atomic E-state index is 11.6. The first-order chi connectivity index (χ1) is 9.40. The second-order valence-electron chi connectivity index (χ2n) is 5.13. The van der Waals surface area contributed by atoms with Crippen molar-refractivity contribution in [3.63, 3.8) is 0 Å². The molecule has 2 N–H and O–H groups in total. The number of aryl methyl sites for hydroxylation is 1. The zero-order valence-corrected chi connectivity index (χ0v) is 16.4. The van der Waals surface area contributed by atoms with Crippen molar-refractivity contribution in [3.05, 3.63) is 21.9 Å². The molecule has 0 bridgehead atoms. The summed E-state index contributed by atoms with van der Waals surface area (Å²) in [6.45, 7) is 7.05. The summed E-state index contributed by atoms with van der Waals surface area (Å²) < 4.78 is 0. The minimum atomic E-state index is -0.0119. The van der Waals surface area contributed by atoms with Gasteiger partial charge in [0.05, 0.1) is 6.54 Å². The topological polar surface area (TPSA) is 56.7 Å². The van der Waals surface area contributed by atoms with E-state index in [9.17, 15) is 4.79 Å². The molecule has 0 saturated carbocycles. The maximum Gasteiger partial charge on any atom is 0.243 e. The highest BCUT2D eigenvalue weighted by Crippen LogP contribution is 2.14. The van der Waals surface area contributed by atoms with Gasteiger partial charge < -0.3 is 15.5 Å². The monoisotopic (exact) mass is 424 g/mol. The molecule has 0 spiro atoms. The number of amides is 1. The van der Waals surface area contributed by atoms with Gasteiger partial charge in [0.15, 0.2) is 5.96 Å². The van der Waals surface area contributed by atoms with E-state index in [4.69, 9.17) is 0 Å². The van der Waals surface area contributed by atoms with Crippen LogP contribution in [0.15, 0.2) is 16.4 Å². The van der Waals surface area contributed by atoms with Crippen LogP contribution in [0.1, 0.15) is 24.3 Å². The predicted octanol–water partition coefficient (Wildman–Crippen LogP) is 2.21. The number of halogens is 1. The molecule has 1 amide bonds. The summed E-state index contributed by atoms with van der Waals surface area (Å²) in [4.78, 5) is 18.7. The lowest BCUT2D eigenvalue weighted by Gasteiger charge is -2.15. The van der Waals surface area contributed by atoms with Crippen molar-refractivity contribution in [2.24, 2.45) is 4.99 Å². The zero-order chi connectivity index (χ0) is 15.1. The summed E-state index contributed by atoms with van der Waals surface area (Å²) in [5.74, 6) is 0.658. The normalized spacial score (nSPS) is 11.0. The summed E-state index contributed by atoms with van der Waals surface area (Å²) in [6, 6.07) is 2.37. The molecule has 7 heteroatoms. The summed E-state index contributed by atoms with van der Waals surface area (Å²) in [5.41, 5.74) is 1.27. The molecule has 0 aliphatic heterocycles. The van der Waals surface area contributed by atoms with Crippen LogP contribution in [0.25, 0.3) is 0 Å². The molecule has 1 aromatic rings. The lowest BCUT2D eigenvalue weighted by atomic mass is 10.3. The quantitative estimate of drug-likeness (QED) is 0.433. The average Bonchev–Trinajstić information content (AvgIpc) is 2.77. The van der Waals surface area contributed by atoms with Crippen LogP contribution in [0.3, 0.4) is 0 Å². The third-order valence-electron chi connectivity index (χ3n) is 2.68. The van der Waals surface area contributed by atoms with Crippen LogP contribution in [0, 0.1) is 6.92 Å². The number of likely N-dealkylation sites (N-methyl/N-ethyl adjacent to an activating group) is 1. The molecule has 21 heavy (non-hydrogen) atoms. The van der Waals surface area contributed by atoms with E-state index in [1.807, 2.05) is 13.8 Å². The molecule has 0 fully saturated rings. The van der Waals surface area contributed by atoms with Gasteiger partial charge in [0.2, 0.25) is 5.91 Å². The molecule has 1 rings (SSSR count). The smallest absolute Gasteiger partial charge is 0.243 e. The molecule has 0 aliphatic carbocycles. The number of hydrogen-bond acceptors (Lipinski definition) is 3. The molecule has 5 nitrogen and oxygen atoms in total. The van der Waals surface area contributed by atoms with Gasteiger partial charge >= 0.3 is 0 Å². The Morgan fingerprint density at radius 1 is 1.43 bits per heavy atom. The van der Waals surface area contributed by atoms with Crippen molar-refractivity contribution in [3.8, 4) is 0 Å². The van der Waals surface area contributed by atoms with Crippen LogP contribution in [-0.4, -0.2) is 43.4 Å². The van der Waals surface area contributed by atoms with E-state index in [2.05, 4.69) is 34.0 Å². The van der Waals surface area contributed by atoms with Gasteiger partial charge in [-0.2, -0.15) is 0 Å². The van der Waals surface area contributed by atoms with Crippen LogP contribution in [0.2, 0.25) is 0 Å². The van der Waals surface area contributed by atoms with Crippen LogP contribution >= 0.6 is 35.3 Å². The second kappa shape index (κ2) is 9.99. The molecular formula is C14H25IN4OS. The van der Waals surface area contributed by atoms with E-state index in [-0.39, 0.29) is 42.5 Å². The largest absolute Gasteiger partial charge is 0.354 e. The maximum absolute atomic E-state index is 11.6. The number of rotatable bonds is 5. The summed E-state index contributed by atoms with van der Waals surface area (Å²) in [7, 11) is 3.46. The SMILES string of the molecule is Cc1ccsc1CNC(=NCC(=O)N(C)C)NC(C)C.I. The van der Waals surface area contributed by atoms with Gasteiger partial charge in [-0.05, 0) is 37.8 Å². The van der Waals surface area contributed by atoms with Crippen LogP contribution in [-0.2, 0) is 11.3 Å². The first-order valence-corrected chi connectivity index (χ1v) is 7.56. The molecule has 0 aliphatic rings. The van der Waals surface area contributed by atoms with E-state index < -0.39 is 0 Å². The first kappa shape index (κ1) is 20.2. The fraction of sp³-hybridized carbons (Fsp3) is 0.571. The first-order valence-electron chi connectivity index (χ1n) is 6.68. The summed E-state index contributed by atoms with van der Waals surface area (Å²) in [6.07, 6.45) is 0. The Balaban J connectivity index is 0.00000400. The standard InChI is InChI=1S/C14H24N4OS.HI/c1-10(2)17-14(16-9-13(19)18(4)5)15-8-12-11(3)6-7-20-12;/h6-7,10H,8-9H2,1-5H3,(H2,15,16,17);1H. The number of hydrogen-bond donors (Lipinski definition) is 2. The predicted molar refractivity (Wildman–Crippen MR) is 101 cm³/mol. The molecule has 0 aromatic carbocycles. The highest BCUT2D eigenvalue weighted by molar-refractivity contribution is 14.0. The minimum absolute atomic E-state index is 0. The van der Waals surface area contributed by atoms with Crippen molar-refractivity contribution in [2.45, 2.75) is 33.4 Å². The second-order valence-corrected chi connectivity index (χ2v) is 6.13. The number of aliphatic imine (C=N–C) groups is 1. The number of nitrogens with zero attached hydrogens (tertiary/aromatic N) is 2. The van der Waals surface area contributed by atoms with Gasteiger partial charge in [0, 0.05) is 25.0 Å². The number of guanidine groups is 1. The number of thiophene rings is 1. The van der Waals surface area contributed by atoms with E-state index in [1.54, 1.807) is 30.3 Å². The lowest BCUT2D eigenvalue weighted by Crippen LogP contribution is -2.41. The third-order valence-corrected chi connectivity index (χ3v) is 3.70. The number of nitrogens with one attached hydrogen (secondary N) is 2. The Hall–Kier alpha value is -0.830. The van der Waals surface area contributed by atoms with Crippen molar-refractivity contribution in [2.75, 3.05) is 20.6 Å². The molecule has 0 saturated heterocycles. The molecule has 1 aromatic heterocycles. The Kier molecular flexibility index (Phi) is 9.60. The van der Waals surface area contributed by atoms with E-state index in [1.165, 1.54) is 10.4 Å². The van der Waals surface area contributed by atoms with Crippen LogP contribution < -0.4 is 10.6 Å². The van der Waals surface area contributed by atoms with Crippen molar-refractivity contribution >= 4 is 47.2 Å². The van der Waals surface area contributed by atoms with Crippen molar-refractivity contribution < 1.29 is 4.79 Å². The molecular weight excluding hydrogens is 399 g/mol. The molecule has 0 unspecified atom stereocenters. The lowest BCUT2D eigenvalue weighted by molar-refractivity contribution is -0.127. The molecule has 0 atom stereocenters. The van der Waals surface area contributed by atoms with E-state index in [0.29, 0.717) is 5.96 Å². The Labute approximate surface area is 148 Å². The summed E-state index contributed by atoms with van der Waals surface area (Å²) in [5, 5.41) is 8.57. The highest BCUT2D eigenvalue weighted by Gasteiger charge is 2.06. The van der Waals surface area contributed by atoms with Gasteiger partial charge in [0.1, 0.15) is 6.54 Å². The molecule has 120 valence electrons. The fourth-order valence-electron chi connectivity index (χ4n) is 1.46. The summed E-state index contributed by atoms with van der Waals surface area (Å²) >= 11 is 1.72. The van der Waals surface area contributed by atoms with E-state index in [0.717, 1.165) is 6.54 Å². The Bertz CT molecular complexity index is 471. The number of carbonyl (C=O) groups is 1. The van der Waals surface area contributed by atoms with Gasteiger partial charge in [-0.15, -0.1) is 35.3 Å². The van der Waals surface area contributed by atoms with Crippen LogP contribution in [0.4, 0.5) is 0 Å². The number of carbonyl (C=O) groups excluding carboxylic acids is 1. The van der Waals surface area contributed by atoms with E-state index >= 15 is 0 Å². The zero-order valence-electron chi connectivity index (χ0n) is 13.3. The van der Waals surface area contributed by atoms with Crippen LogP contribution in [0.5, 0.6) is 0 Å². The fourth-order valence-corrected chi connectivity index (χ4v) is 2.31. The van der Waals surface area contributed by atoms with Gasteiger partial charge in [-0.3, -0.25) is 4.79 Å². The molecule has 1 heterocycles. The highest BCUT2D eigenvalue weighted by atomic mass is 127. The van der Waals surface area contributed by atoms with Gasteiger partial charge in [-0.25, -0.2) is 4.99 Å². The van der Waals surface area contributed by atoms with Crippen molar-refractivity contribution in [1.82, 2.24) is 15.5 Å². The van der Waals surface area contributed by atoms with Gasteiger partial charge in [0.25, 0.3) is 0 Å². The van der Waals surface area contributed by atoms with Gasteiger partial charge in [-0.1, -0.05) is 0 Å². The van der Waals surface area contributed by atoms with Crippen molar-refractivity contribution in [1.29, 1.82) is 0 Å². The Morgan fingerprint density at radius 2 is 2.10 bits per heavy atom. The third kappa shape index (κ3) is 7.66. The Morgan fingerprint density at radius 3 is 2.57 bits per heavy atom. The molecule has 0 radical (unpaired) electrons. The minimum Gasteiger partial charge on any atom is -0.354 e. The average molecular weight is 424 g/mol.